The van der Waals surface area contributed by atoms with Gasteiger partial charge in [-0.05, 0) is 43.8 Å². The Morgan fingerprint density at radius 2 is 1.67 bits per heavy atom. The van der Waals surface area contributed by atoms with E-state index in [9.17, 15) is 0 Å². The standard InChI is InChI=1S/C13H11ClN2S2/c1-8-7-9(2)16-13(15-8)18-11-5-3-10(4-6-11)12(14)17/h3-7H,1-2H3. The van der Waals surface area contributed by atoms with Crippen LogP contribution in [0.4, 0.5) is 0 Å². The van der Waals surface area contributed by atoms with Crippen molar-refractivity contribution in [2.75, 3.05) is 0 Å². The second kappa shape index (κ2) is 5.78. The molecule has 0 aliphatic rings. The van der Waals surface area contributed by atoms with Crippen molar-refractivity contribution >= 4 is 39.9 Å². The number of hydrogen-bond donors (Lipinski definition) is 0. The minimum Gasteiger partial charge on any atom is -0.228 e. The van der Waals surface area contributed by atoms with E-state index >= 15 is 0 Å². The van der Waals surface area contributed by atoms with Gasteiger partial charge in [-0.1, -0.05) is 36.0 Å². The van der Waals surface area contributed by atoms with Crippen molar-refractivity contribution in [1.29, 1.82) is 0 Å². The van der Waals surface area contributed by atoms with Crippen LogP contribution >= 0.6 is 35.6 Å². The molecule has 0 N–H and O–H groups in total. The van der Waals surface area contributed by atoms with Crippen molar-refractivity contribution in [2.24, 2.45) is 0 Å². The molecule has 0 unspecified atom stereocenters. The number of thiocarbonyl (C=S) groups is 1. The van der Waals surface area contributed by atoms with E-state index in [0.717, 1.165) is 27.0 Å². The Labute approximate surface area is 121 Å². The summed E-state index contributed by atoms with van der Waals surface area (Å²) in [5, 5.41) is 0.758. The number of benzene rings is 1. The summed E-state index contributed by atoms with van der Waals surface area (Å²) in [4.78, 5) is 9.84. The van der Waals surface area contributed by atoms with E-state index in [1.54, 1.807) is 0 Å². The molecule has 0 aliphatic carbocycles. The van der Waals surface area contributed by atoms with Crippen LogP contribution in [0, 0.1) is 13.8 Å². The molecule has 1 aromatic carbocycles. The number of nitrogens with zero attached hydrogens (tertiary/aromatic N) is 2. The molecule has 0 amide bonds. The smallest absolute Gasteiger partial charge is 0.192 e. The Hall–Kier alpha value is -0.970. The van der Waals surface area contributed by atoms with Crippen molar-refractivity contribution in [3.05, 3.63) is 47.3 Å². The summed E-state index contributed by atoms with van der Waals surface area (Å²) < 4.78 is 0.384. The summed E-state index contributed by atoms with van der Waals surface area (Å²) >= 11 is 12.2. The van der Waals surface area contributed by atoms with Gasteiger partial charge in [0.15, 0.2) is 5.16 Å². The highest BCUT2D eigenvalue weighted by Crippen LogP contribution is 2.25. The lowest BCUT2D eigenvalue weighted by Crippen LogP contribution is -1.92. The van der Waals surface area contributed by atoms with Crippen molar-refractivity contribution in [2.45, 2.75) is 23.9 Å². The quantitative estimate of drug-likeness (QED) is 0.482. The van der Waals surface area contributed by atoms with Crippen molar-refractivity contribution < 1.29 is 0 Å². The third-order valence-corrected chi connectivity index (χ3v) is 3.58. The number of aryl methyl sites for hydroxylation is 2. The zero-order chi connectivity index (χ0) is 13.1. The van der Waals surface area contributed by atoms with Gasteiger partial charge in [-0.25, -0.2) is 9.97 Å². The summed E-state index contributed by atoms with van der Waals surface area (Å²) in [5.41, 5.74) is 2.81. The normalized spacial score (nSPS) is 10.4. The topological polar surface area (TPSA) is 25.8 Å². The Kier molecular flexibility index (Phi) is 4.32. The molecule has 2 nitrogen and oxygen atoms in total. The molecule has 0 radical (unpaired) electrons. The zero-order valence-corrected chi connectivity index (χ0v) is 12.4. The monoisotopic (exact) mass is 294 g/mol. The molecule has 0 aliphatic heterocycles. The highest BCUT2D eigenvalue weighted by atomic mass is 35.5. The largest absolute Gasteiger partial charge is 0.228 e. The van der Waals surface area contributed by atoms with E-state index in [0.29, 0.717) is 4.32 Å². The summed E-state index contributed by atoms with van der Waals surface area (Å²) in [6.45, 7) is 3.93. The molecule has 0 atom stereocenters. The van der Waals surface area contributed by atoms with E-state index in [2.05, 4.69) is 9.97 Å². The fourth-order valence-electron chi connectivity index (χ4n) is 1.50. The van der Waals surface area contributed by atoms with Gasteiger partial charge in [0.05, 0.1) is 0 Å². The SMILES string of the molecule is Cc1cc(C)nc(Sc2ccc(C(=S)Cl)cc2)n1. The minimum absolute atomic E-state index is 0.384. The van der Waals surface area contributed by atoms with Crippen molar-refractivity contribution in [3.8, 4) is 0 Å². The Balaban J connectivity index is 2.20. The highest BCUT2D eigenvalue weighted by molar-refractivity contribution is 7.99. The lowest BCUT2D eigenvalue weighted by Gasteiger charge is -2.03. The predicted molar refractivity (Wildman–Crippen MR) is 79.6 cm³/mol. The number of hydrogen-bond acceptors (Lipinski definition) is 4. The van der Waals surface area contributed by atoms with Crippen LogP contribution in [0.1, 0.15) is 17.0 Å². The van der Waals surface area contributed by atoms with E-state index in [1.165, 1.54) is 11.8 Å². The fourth-order valence-corrected chi connectivity index (χ4v) is 2.62. The number of rotatable bonds is 3. The molecule has 18 heavy (non-hydrogen) atoms. The molecule has 5 heteroatoms. The Bertz CT molecular complexity index is 562. The van der Waals surface area contributed by atoms with Gasteiger partial charge in [-0.15, -0.1) is 0 Å². The van der Waals surface area contributed by atoms with E-state index < -0.39 is 0 Å². The van der Waals surface area contributed by atoms with Crippen LogP contribution < -0.4 is 0 Å². The number of aromatic nitrogens is 2. The molecule has 2 aromatic rings. The summed E-state index contributed by atoms with van der Waals surface area (Å²) in [6.07, 6.45) is 0. The number of halogens is 1. The van der Waals surface area contributed by atoms with E-state index in [-0.39, 0.29) is 0 Å². The predicted octanol–water partition coefficient (Wildman–Crippen LogP) is 4.16. The van der Waals surface area contributed by atoms with Crippen LogP contribution in [0.2, 0.25) is 0 Å². The molecule has 0 fully saturated rings. The Morgan fingerprint density at radius 3 is 2.17 bits per heavy atom. The van der Waals surface area contributed by atoms with Crippen molar-refractivity contribution in [3.63, 3.8) is 0 Å². The second-order valence-corrected chi connectivity index (χ2v) is 5.88. The van der Waals surface area contributed by atoms with E-state index in [4.69, 9.17) is 23.8 Å². The molecule has 1 aromatic heterocycles. The van der Waals surface area contributed by atoms with Gasteiger partial charge in [0.1, 0.15) is 4.32 Å². The molecule has 2 rings (SSSR count). The van der Waals surface area contributed by atoms with Gasteiger partial charge in [0.2, 0.25) is 0 Å². The van der Waals surface area contributed by atoms with Gasteiger partial charge in [-0.2, -0.15) is 0 Å². The zero-order valence-electron chi connectivity index (χ0n) is 9.98. The van der Waals surface area contributed by atoms with Crippen LogP contribution in [-0.2, 0) is 0 Å². The summed E-state index contributed by atoms with van der Waals surface area (Å²) in [7, 11) is 0. The lowest BCUT2D eigenvalue weighted by molar-refractivity contribution is 0.902. The molecule has 0 saturated carbocycles. The minimum atomic E-state index is 0.384. The molecule has 92 valence electrons. The third kappa shape index (κ3) is 3.51. The maximum Gasteiger partial charge on any atom is 0.192 e. The maximum absolute atomic E-state index is 5.76. The molecule has 0 bridgehead atoms. The van der Waals surface area contributed by atoms with Crippen LogP contribution in [0.25, 0.3) is 0 Å². The van der Waals surface area contributed by atoms with Gasteiger partial charge < -0.3 is 0 Å². The van der Waals surface area contributed by atoms with Gasteiger partial charge in [0, 0.05) is 21.8 Å². The molecule has 1 heterocycles. The van der Waals surface area contributed by atoms with Crippen LogP contribution in [0.3, 0.4) is 0 Å². The molecular weight excluding hydrogens is 284 g/mol. The van der Waals surface area contributed by atoms with Gasteiger partial charge in [-0.3, -0.25) is 0 Å². The van der Waals surface area contributed by atoms with Crippen LogP contribution in [-0.4, -0.2) is 14.3 Å². The first-order valence-corrected chi connectivity index (χ1v) is 6.95. The van der Waals surface area contributed by atoms with Crippen LogP contribution in [0.15, 0.2) is 40.4 Å². The third-order valence-electron chi connectivity index (χ3n) is 2.25. The first-order chi connectivity index (χ1) is 8.54. The average Bonchev–Trinajstić information content (AvgIpc) is 2.28. The summed E-state index contributed by atoms with van der Waals surface area (Å²) in [6, 6.07) is 9.70. The average molecular weight is 295 g/mol. The first-order valence-electron chi connectivity index (χ1n) is 5.34. The van der Waals surface area contributed by atoms with E-state index in [1.807, 2.05) is 44.2 Å². The summed E-state index contributed by atoms with van der Waals surface area (Å²) in [5.74, 6) is 0. The molecule has 0 spiro atoms. The van der Waals surface area contributed by atoms with Gasteiger partial charge >= 0.3 is 0 Å². The fraction of sp³-hybridized carbons (Fsp3) is 0.154. The molecular formula is C13H11ClN2S2. The molecule has 0 saturated heterocycles. The highest BCUT2D eigenvalue weighted by Gasteiger charge is 2.03. The maximum atomic E-state index is 5.76. The second-order valence-electron chi connectivity index (χ2n) is 3.83. The van der Waals surface area contributed by atoms with Gasteiger partial charge in [0.25, 0.3) is 0 Å². The Morgan fingerprint density at radius 1 is 1.11 bits per heavy atom. The van der Waals surface area contributed by atoms with Crippen molar-refractivity contribution in [1.82, 2.24) is 9.97 Å². The first kappa shape index (κ1) is 13.5. The van der Waals surface area contributed by atoms with Crippen LogP contribution in [0.5, 0.6) is 0 Å². The lowest BCUT2D eigenvalue weighted by atomic mass is 10.2.